The number of thiophene rings is 1. The molecule has 11 rings (SSSR count). The third-order valence-electron chi connectivity index (χ3n) is 10.5. The van der Waals surface area contributed by atoms with Crippen LogP contribution >= 0.6 is 11.3 Å². The Morgan fingerprint density at radius 2 is 1.19 bits per heavy atom. The number of hydrogen-bond donors (Lipinski definition) is 0. The summed E-state index contributed by atoms with van der Waals surface area (Å²) in [5.41, 5.74) is 6.34. The van der Waals surface area contributed by atoms with Gasteiger partial charge in [0.05, 0.1) is 0 Å². The van der Waals surface area contributed by atoms with Gasteiger partial charge in [0.15, 0.2) is 17.5 Å². The molecule has 4 nitrogen and oxygen atoms in total. The maximum atomic E-state index is 6.69. The Hall–Kier alpha value is -6.43. The van der Waals surface area contributed by atoms with Gasteiger partial charge in [-0.25, -0.2) is 15.0 Å². The van der Waals surface area contributed by atoms with E-state index in [1.165, 1.54) is 52.9 Å². The molecule has 0 spiro atoms. The van der Waals surface area contributed by atoms with Crippen molar-refractivity contribution in [3.05, 3.63) is 175 Å². The van der Waals surface area contributed by atoms with Crippen LogP contribution in [0.5, 0.6) is 5.75 Å². The fourth-order valence-electron chi connectivity index (χ4n) is 7.93. The van der Waals surface area contributed by atoms with E-state index in [9.17, 15) is 0 Å². The molecule has 2 atom stereocenters. The molecule has 0 bridgehead atoms. The lowest BCUT2D eigenvalue weighted by molar-refractivity contribution is 0.269. The number of allylic oxidation sites excluding steroid dienone is 2. The average molecular weight is 684 g/mol. The summed E-state index contributed by atoms with van der Waals surface area (Å²) < 4.78 is 9.31. The Morgan fingerprint density at radius 1 is 0.500 bits per heavy atom. The number of rotatable bonds is 4. The van der Waals surface area contributed by atoms with E-state index in [0.717, 1.165) is 28.0 Å². The SMILES string of the molecule is C1=CC2c3c(cccc3-c3nc(-c4ccccc4)nc(-c4ccc5ccc6ccccc6c5c4)n3)OC2C=C1c1ccc2sc3ccccc3c2c1. The zero-order valence-corrected chi connectivity index (χ0v) is 28.7. The molecule has 2 aliphatic rings. The van der Waals surface area contributed by atoms with Gasteiger partial charge in [-0.3, -0.25) is 0 Å². The van der Waals surface area contributed by atoms with Crippen LogP contribution in [0.2, 0.25) is 0 Å². The van der Waals surface area contributed by atoms with E-state index in [1.807, 2.05) is 35.6 Å². The lowest BCUT2D eigenvalue weighted by atomic mass is 9.85. The predicted molar refractivity (Wildman–Crippen MR) is 215 cm³/mol. The second-order valence-corrected chi connectivity index (χ2v) is 14.6. The molecular formula is C47H29N3OS. The van der Waals surface area contributed by atoms with Gasteiger partial charge in [0.2, 0.25) is 0 Å². The molecule has 9 aromatic rings. The van der Waals surface area contributed by atoms with Gasteiger partial charge in [0.25, 0.3) is 0 Å². The van der Waals surface area contributed by atoms with Crippen LogP contribution in [0.3, 0.4) is 0 Å². The summed E-state index contributed by atoms with van der Waals surface area (Å²) in [5.74, 6) is 2.83. The Morgan fingerprint density at radius 3 is 2.10 bits per heavy atom. The van der Waals surface area contributed by atoms with Gasteiger partial charge in [0, 0.05) is 48.3 Å². The molecule has 0 saturated carbocycles. The first-order valence-corrected chi connectivity index (χ1v) is 18.4. The van der Waals surface area contributed by atoms with E-state index in [0.29, 0.717) is 17.5 Å². The van der Waals surface area contributed by atoms with Crippen LogP contribution in [0.25, 0.3) is 81.5 Å². The van der Waals surface area contributed by atoms with Crippen LogP contribution in [0.1, 0.15) is 17.0 Å². The van der Waals surface area contributed by atoms with E-state index in [-0.39, 0.29) is 12.0 Å². The third-order valence-corrected chi connectivity index (χ3v) is 11.6. The maximum Gasteiger partial charge on any atom is 0.164 e. The van der Waals surface area contributed by atoms with Crippen molar-refractivity contribution in [1.82, 2.24) is 15.0 Å². The molecule has 5 heteroatoms. The first-order chi connectivity index (χ1) is 25.7. The Balaban J connectivity index is 1.02. The summed E-state index contributed by atoms with van der Waals surface area (Å²) in [7, 11) is 0. The summed E-state index contributed by atoms with van der Waals surface area (Å²) in [6.07, 6.45) is 6.69. The van der Waals surface area contributed by atoms with Crippen molar-refractivity contribution in [2.45, 2.75) is 12.0 Å². The van der Waals surface area contributed by atoms with Crippen molar-refractivity contribution >= 4 is 58.6 Å². The monoisotopic (exact) mass is 683 g/mol. The Labute approximate surface area is 304 Å². The highest BCUT2D eigenvalue weighted by atomic mass is 32.1. The molecular weight excluding hydrogens is 655 g/mol. The Kier molecular flexibility index (Phi) is 6.51. The number of ether oxygens (including phenoxy) is 1. The van der Waals surface area contributed by atoms with Gasteiger partial charge < -0.3 is 4.74 Å². The number of nitrogens with zero attached hydrogens (tertiary/aromatic N) is 3. The minimum absolute atomic E-state index is 0.0353. The molecule has 244 valence electrons. The summed E-state index contributed by atoms with van der Waals surface area (Å²) >= 11 is 1.84. The minimum atomic E-state index is -0.130. The van der Waals surface area contributed by atoms with E-state index in [4.69, 9.17) is 19.7 Å². The van der Waals surface area contributed by atoms with Crippen molar-refractivity contribution in [3.63, 3.8) is 0 Å². The molecule has 52 heavy (non-hydrogen) atoms. The topological polar surface area (TPSA) is 47.9 Å². The first kappa shape index (κ1) is 29.3. The number of aromatic nitrogens is 3. The maximum absolute atomic E-state index is 6.69. The van der Waals surface area contributed by atoms with Gasteiger partial charge in [-0.15, -0.1) is 11.3 Å². The Bertz CT molecular complexity index is 2960. The summed E-state index contributed by atoms with van der Waals surface area (Å²) in [4.78, 5) is 15.4. The summed E-state index contributed by atoms with van der Waals surface area (Å²) in [6, 6.07) is 51.2. The van der Waals surface area contributed by atoms with E-state index < -0.39 is 0 Å². The quantitative estimate of drug-likeness (QED) is 0.173. The van der Waals surface area contributed by atoms with Crippen molar-refractivity contribution in [1.29, 1.82) is 0 Å². The highest BCUT2D eigenvalue weighted by molar-refractivity contribution is 7.25. The molecule has 0 amide bonds. The molecule has 0 saturated heterocycles. The molecule has 7 aromatic carbocycles. The van der Waals surface area contributed by atoms with Crippen LogP contribution in [0, 0.1) is 0 Å². The third kappa shape index (κ3) is 4.70. The number of hydrogen-bond acceptors (Lipinski definition) is 5. The van der Waals surface area contributed by atoms with Crippen LogP contribution < -0.4 is 4.74 Å². The van der Waals surface area contributed by atoms with E-state index in [1.54, 1.807) is 0 Å². The van der Waals surface area contributed by atoms with Gasteiger partial charge in [-0.2, -0.15) is 0 Å². The smallest absolute Gasteiger partial charge is 0.164 e. The van der Waals surface area contributed by atoms with Gasteiger partial charge in [0.1, 0.15) is 11.9 Å². The highest BCUT2D eigenvalue weighted by Crippen LogP contribution is 2.48. The lowest BCUT2D eigenvalue weighted by Crippen LogP contribution is -2.17. The molecule has 2 aromatic heterocycles. The predicted octanol–water partition coefficient (Wildman–Crippen LogP) is 12.0. The normalized spacial score (nSPS) is 16.3. The van der Waals surface area contributed by atoms with Crippen LogP contribution in [0.4, 0.5) is 0 Å². The van der Waals surface area contributed by atoms with Gasteiger partial charge in [-0.1, -0.05) is 127 Å². The fraction of sp³-hybridized carbons (Fsp3) is 0.0426. The van der Waals surface area contributed by atoms with Crippen LogP contribution in [0.15, 0.2) is 164 Å². The van der Waals surface area contributed by atoms with Crippen molar-refractivity contribution in [2.75, 3.05) is 0 Å². The second-order valence-electron chi connectivity index (χ2n) is 13.5. The zero-order chi connectivity index (χ0) is 34.2. The zero-order valence-electron chi connectivity index (χ0n) is 27.9. The minimum Gasteiger partial charge on any atom is -0.485 e. The largest absolute Gasteiger partial charge is 0.485 e. The molecule has 1 aliphatic carbocycles. The number of benzene rings is 7. The summed E-state index contributed by atoms with van der Waals surface area (Å²) in [6.45, 7) is 0. The first-order valence-electron chi connectivity index (χ1n) is 17.6. The van der Waals surface area contributed by atoms with Crippen molar-refractivity contribution < 1.29 is 4.74 Å². The molecule has 0 fully saturated rings. The summed E-state index contributed by atoms with van der Waals surface area (Å²) in [5, 5.41) is 7.39. The standard InChI is InChI=1S/C47H29N3OS/c1-2-10-30(11-3-1)45-48-46(33-20-19-29-18-17-28-9-4-5-12-34(28)38(29)26-33)50-47(49-45)37-14-8-15-40-44(37)36-23-21-32(27-41(36)51-40)31-22-24-43-39(25-31)35-13-6-7-16-42(35)52-43/h1-27,36,41H. The molecule has 1 aliphatic heterocycles. The highest BCUT2D eigenvalue weighted by Gasteiger charge is 2.36. The van der Waals surface area contributed by atoms with Crippen molar-refractivity contribution in [2.24, 2.45) is 0 Å². The van der Waals surface area contributed by atoms with E-state index >= 15 is 0 Å². The van der Waals surface area contributed by atoms with Crippen LogP contribution in [-0.2, 0) is 0 Å². The number of fused-ring (bicyclic) bond motifs is 9. The van der Waals surface area contributed by atoms with Crippen LogP contribution in [-0.4, -0.2) is 21.1 Å². The molecule has 0 N–H and O–H groups in total. The average Bonchev–Trinajstić information content (AvgIpc) is 3.78. The van der Waals surface area contributed by atoms with E-state index in [2.05, 4.69) is 140 Å². The molecule has 2 unspecified atom stereocenters. The molecule has 0 radical (unpaired) electrons. The van der Waals surface area contributed by atoms with Gasteiger partial charge in [-0.05, 0) is 69.1 Å². The second kappa shape index (κ2) is 11.6. The van der Waals surface area contributed by atoms with Gasteiger partial charge >= 0.3 is 0 Å². The van der Waals surface area contributed by atoms with Crippen molar-refractivity contribution in [3.8, 4) is 39.9 Å². The molecule has 3 heterocycles. The fourth-order valence-corrected chi connectivity index (χ4v) is 9.02. The lowest BCUT2D eigenvalue weighted by Gasteiger charge is -2.20.